The summed E-state index contributed by atoms with van der Waals surface area (Å²) in [6.07, 6.45) is 3.80. The number of likely N-dealkylation sites (tertiary alicyclic amines) is 2. The van der Waals surface area contributed by atoms with Gasteiger partial charge in [0.15, 0.2) is 0 Å². The fourth-order valence-electron chi connectivity index (χ4n) is 7.98. The first-order valence-electron chi connectivity index (χ1n) is 19.2. The highest BCUT2D eigenvalue weighted by atomic mass is 32.2. The second-order valence-electron chi connectivity index (χ2n) is 17.2. The van der Waals surface area contributed by atoms with E-state index < -0.39 is 16.2 Å². The Hall–Kier alpha value is -3.80. The van der Waals surface area contributed by atoms with E-state index in [2.05, 4.69) is 26.1 Å². The van der Waals surface area contributed by atoms with E-state index in [4.69, 9.17) is 4.74 Å². The molecule has 12 heteroatoms. The molecule has 3 fully saturated rings. The van der Waals surface area contributed by atoms with E-state index in [-0.39, 0.29) is 53.6 Å². The zero-order valence-electron chi connectivity index (χ0n) is 32.2. The number of benzene rings is 2. The van der Waals surface area contributed by atoms with Crippen LogP contribution in [0.1, 0.15) is 108 Å². The normalized spacial score (nSPS) is 22.1. The van der Waals surface area contributed by atoms with E-state index in [9.17, 15) is 19.2 Å². The van der Waals surface area contributed by atoms with E-state index in [0.29, 0.717) is 70.5 Å². The molecule has 2 aromatic rings. The van der Waals surface area contributed by atoms with Gasteiger partial charge >= 0.3 is 12.1 Å². The Bertz CT molecular complexity index is 1680. The number of hydrogen-bond acceptors (Lipinski definition) is 6. The molecular formula is C41H56FN5O5S. The summed E-state index contributed by atoms with van der Waals surface area (Å²) >= 11 is 1.46. The molecule has 1 N–H and O–H groups in total. The van der Waals surface area contributed by atoms with Gasteiger partial charge in [-0.15, -0.1) is 11.8 Å². The number of carbonyl (C=O) groups is 4. The average Bonchev–Trinajstić information content (AvgIpc) is 3.29. The number of para-hydroxylation sites is 1. The molecule has 4 heterocycles. The van der Waals surface area contributed by atoms with E-state index in [1.165, 1.54) is 17.8 Å². The van der Waals surface area contributed by atoms with Crippen LogP contribution in [0.3, 0.4) is 0 Å². The van der Waals surface area contributed by atoms with E-state index in [1.54, 1.807) is 11.0 Å². The largest absolute Gasteiger partial charge is 0.444 e. The zero-order chi connectivity index (χ0) is 38.1. The van der Waals surface area contributed by atoms with Crippen molar-refractivity contribution < 1.29 is 28.3 Å². The van der Waals surface area contributed by atoms with Gasteiger partial charge in [0.1, 0.15) is 16.8 Å². The highest BCUT2D eigenvalue weighted by Crippen LogP contribution is 2.48. The summed E-state index contributed by atoms with van der Waals surface area (Å²) in [5.41, 5.74) is 2.75. The van der Waals surface area contributed by atoms with E-state index in [0.717, 1.165) is 29.7 Å². The summed E-state index contributed by atoms with van der Waals surface area (Å²) in [6.45, 7) is 15.1. The molecule has 5 amide bonds. The Labute approximate surface area is 318 Å². The minimum Gasteiger partial charge on any atom is -0.444 e. The van der Waals surface area contributed by atoms with Gasteiger partial charge in [0.2, 0.25) is 11.8 Å². The summed E-state index contributed by atoms with van der Waals surface area (Å²) < 4.78 is 21.5. The summed E-state index contributed by atoms with van der Waals surface area (Å²) in [5, 5.41) is 2.06. The van der Waals surface area contributed by atoms with Crippen LogP contribution in [-0.2, 0) is 20.7 Å². The van der Waals surface area contributed by atoms with Crippen LogP contribution < -0.4 is 5.32 Å². The molecule has 0 spiro atoms. The van der Waals surface area contributed by atoms with Crippen LogP contribution in [0, 0.1) is 11.2 Å². The van der Waals surface area contributed by atoms with Crippen molar-refractivity contribution in [2.45, 2.75) is 115 Å². The smallest absolute Gasteiger partial charge is 0.410 e. The Balaban J connectivity index is 1.12. The van der Waals surface area contributed by atoms with Crippen LogP contribution >= 0.6 is 11.8 Å². The highest BCUT2D eigenvalue weighted by Gasteiger charge is 2.45. The fraction of sp³-hybridized carbons (Fsp3) is 0.610. The molecule has 53 heavy (non-hydrogen) atoms. The Morgan fingerprint density at radius 3 is 2.25 bits per heavy atom. The van der Waals surface area contributed by atoms with Gasteiger partial charge in [-0.05, 0) is 99.5 Å². The first-order valence-corrected chi connectivity index (χ1v) is 20.2. The number of rotatable bonds is 7. The lowest BCUT2D eigenvalue weighted by Gasteiger charge is -2.38. The number of fused-ring (bicyclic) bond motifs is 1. The number of piperidine rings is 2. The van der Waals surface area contributed by atoms with Crippen molar-refractivity contribution in [1.29, 1.82) is 0 Å². The van der Waals surface area contributed by atoms with Gasteiger partial charge in [0.05, 0.1) is 5.25 Å². The van der Waals surface area contributed by atoms with Gasteiger partial charge in [-0.1, -0.05) is 51.1 Å². The highest BCUT2D eigenvalue weighted by molar-refractivity contribution is 8.01. The fourth-order valence-corrected chi connectivity index (χ4v) is 9.49. The number of halogens is 1. The van der Waals surface area contributed by atoms with Crippen LogP contribution in [0.25, 0.3) is 0 Å². The molecule has 3 saturated heterocycles. The monoisotopic (exact) mass is 749 g/mol. The summed E-state index contributed by atoms with van der Waals surface area (Å²) in [6, 6.07) is 13.0. The van der Waals surface area contributed by atoms with Crippen molar-refractivity contribution in [1.82, 2.24) is 19.6 Å². The number of urea groups is 1. The molecule has 288 valence electrons. The predicted octanol–water partition coefficient (Wildman–Crippen LogP) is 7.79. The van der Waals surface area contributed by atoms with Crippen molar-refractivity contribution >= 4 is 41.4 Å². The molecule has 0 saturated carbocycles. The molecule has 6 rings (SSSR count). The molecular weight excluding hydrogens is 694 g/mol. The topological polar surface area (TPSA) is 103 Å². The quantitative estimate of drug-likeness (QED) is 0.310. The molecule has 4 aliphatic heterocycles. The SMILES string of the molecule is CC(C)(C)CCN1C(=O)[C@H](CC(=O)N2CCC(N3CCc4ccccc4NC3=O)CC2)SC1c1cccc(F)c1C1CCN(C(=O)OC(C)(C)C)CC1. The average molecular weight is 750 g/mol. The number of carbonyl (C=O) groups excluding carboxylic acids is 4. The number of nitrogens with zero attached hydrogens (tertiary/aromatic N) is 4. The first-order chi connectivity index (χ1) is 25.1. The molecule has 0 aromatic heterocycles. The molecule has 1 unspecified atom stereocenters. The van der Waals surface area contributed by atoms with Gasteiger partial charge in [0, 0.05) is 57.4 Å². The third kappa shape index (κ3) is 9.30. The lowest BCUT2D eigenvalue weighted by molar-refractivity contribution is -0.137. The summed E-state index contributed by atoms with van der Waals surface area (Å²) in [5.74, 6) is -0.561. The Kier molecular flexibility index (Phi) is 11.7. The van der Waals surface area contributed by atoms with Crippen molar-refractivity contribution in [2.24, 2.45) is 5.41 Å². The third-order valence-electron chi connectivity index (χ3n) is 10.9. The van der Waals surface area contributed by atoms with Crippen molar-refractivity contribution in [2.75, 3.05) is 44.6 Å². The van der Waals surface area contributed by atoms with Gasteiger partial charge in [-0.25, -0.2) is 14.0 Å². The van der Waals surface area contributed by atoms with Crippen LogP contribution in [0.2, 0.25) is 0 Å². The van der Waals surface area contributed by atoms with Gasteiger partial charge in [-0.3, -0.25) is 9.59 Å². The van der Waals surface area contributed by atoms with Crippen molar-refractivity contribution in [3.05, 3.63) is 65.0 Å². The summed E-state index contributed by atoms with van der Waals surface area (Å²) in [4.78, 5) is 61.2. The van der Waals surface area contributed by atoms with Gasteiger partial charge in [0.25, 0.3) is 0 Å². The van der Waals surface area contributed by atoms with Crippen LogP contribution in [-0.4, -0.2) is 99.7 Å². The molecule has 10 nitrogen and oxygen atoms in total. The third-order valence-corrected chi connectivity index (χ3v) is 12.4. The Morgan fingerprint density at radius 1 is 0.887 bits per heavy atom. The van der Waals surface area contributed by atoms with E-state index in [1.807, 2.05) is 65.8 Å². The maximum Gasteiger partial charge on any atom is 0.410 e. The standard InChI is InChI=1S/C41H56FN5O5S/c1-40(2,3)19-25-47-36(49)33(26-34(48)44-22-17-29(18-23-44)46-24-16-27-10-7-8-13-32(27)43-38(46)50)53-37(47)30-11-9-12-31(42)35(30)28-14-20-45(21-15-28)39(51)52-41(4,5)6/h7-13,28-29,33,37H,14-26H2,1-6H3,(H,43,50)/t33-,37?/m0/s1. The number of hydrogen-bond donors (Lipinski definition) is 1. The minimum atomic E-state index is -0.595. The number of thioether (sulfide) groups is 1. The summed E-state index contributed by atoms with van der Waals surface area (Å²) in [7, 11) is 0. The maximum absolute atomic E-state index is 15.9. The molecule has 0 radical (unpaired) electrons. The lowest BCUT2D eigenvalue weighted by Crippen LogP contribution is -2.50. The van der Waals surface area contributed by atoms with Crippen molar-refractivity contribution in [3.63, 3.8) is 0 Å². The van der Waals surface area contributed by atoms with E-state index >= 15 is 4.39 Å². The van der Waals surface area contributed by atoms with Crippen LogP contribution in [0.5, 0.6) is 0 Å². The Morgan fingerprint density at radius 2 is 1.57 bits per heavy atom. The van der Waals surface area contributed by atoms with Crippen molar-refractivity contribution in [3.8, 4) is 0 Å². The second kappa shape index (κ2) is 15.9. The molecule has 0 bridgehead atoms. The number of anilines is 1. The lowest BCUT2D eigenvalue weighted by atomic mass is 9.85. The number of ether oxygens (including phenoxy) is 1. The van der Waals surface area contributed by atoms with Crippen LogP contribution in [0.15, 0.2) is 42.5 Å². The molecule has 2 aromatic carbocycles. The van der Waals surface area contributed by atoms with Gasteiger partial charge < -0.3 is 29.7 Å². The molecule has 4 aliphatic rings. The predicted molar refractivity (Wildman–Crippen MR) is 206 cm³/mol. The number of amides is 5. The maximum atomic E-state index is 15.9. The van der Waals surface area contributed by atoms with Crippen LogP contribution in [0.4, 0.5) is 19.7 Å². The van der Waals surface area contributed by atoms with Gasteiger partial charge in [-0.2, -0.15) is 0 Å². The second-order valence-corrected chi connectivity index (χ2v) is 18.4. The zero-order valence-corrected chi connectivity index (χ0v) is 33.0. The molecule has 2 atom stereocenters. The number of nitrogens with one attached hydrogen (secondary N) is 1. The first kappa shape index (κ1) is 38.9. The molecule has 0 aliphatic carbocycles. The minimum absolute atomic E-state index is 0.0277.